The van der Waals surface area contributed by atoms with Crippen LogP contribution in [0.3, 0.4) is 0 Å². The van der Waals surface area contributed by atoms with E-state index in [1.807, 2.05) is 20.8 Å². The molecule has 18 heavy (non-hydrogen) atoms. The molecular weight excluding hydrogens is 228 g/mol. The van der Waals surface area contributed by atoms with Crippen LogP contribution in [0.15, 0.2) is 0 Å². The summed E-state index contributed by atoms with van der Waals surface area (Å²) in [5.74, 6) is 0.0290. The van der Waals surface area contributed by atoms with Gasteiger partial charge >= 0.3 is 0 Å². The fourth-order valence-corrected chi connectivity index (χ4v) is 2.91. The minimum atomic E-state index is -0.244. The van der Waals surface area contributed by atoms with Crippen molar-refractivity contribution in [2.45, 2.75) is 64.1 Å². The van der Waals surface area contributed by atoms with Gasteiger partial charge in [0.05, 0.1) is 5.60 Å². The minimum absolute atomic E-state index is 0.0290. The lowest BCUT2D eigenvalue weighted by atomic mass is 9.97. The molecule has 2 aliphatic rings. The lowest BCUT2D eigenvalue weighted by Gasteiger charge is -2.35. The number of piperidine rings is 1. The highest BCUT2D eigenvalue weighted by Crippen LogP contribution is 2.26. The van der Waals surface area contributed by atoms with Gasteiger partial charge in [0.25, 0.3) is 0 Å². The molecular formula is C14H26N2O2. The zero-order chi connectivity index (χ0) is 13.2. The minimum Gasteiger partial charge on any atom is -0.366 e. The van der Waals surface area contributed by atoms with Gasteiger partial charge in [-0.1, -0.05) is 0 Å². The molecule has 0 aliphatic carbocycles. The van der Waals surface area contributed by atoms with E-state index >= 15 is 0 Å². The fourth-order valence-electron chi connectivity index (χ4n) is 2.91. The average Bonchev–Trinajstić information content (AvgIpc) is 2.72. The number of carbonyl (C=O) groups is 1. The molecule has 1 N–H and O–H groups in total. The van der Waals surface area contributed by atoms with E-state index in [9.17, 15) is 4.79 Å². The van der Waals surface area contributed by atoms with Gasteiger partial charge in [0, 0.05) is 18.6 Å². The summed E-state index contributed by atoms with van der Waals surface area (Å²) in [4.78, 5) is 14.4. The zero-order valence-corrected chi connectivity index (χ0v) is 11.9. The van der Waals surface area contributed by atoms with Gasteiger partial charge in [0.2, 0.25) is 5.91 Å². The maximum atomic E-state index is 11.8. The molecule has 2 rings (SSSR count). The quantitative estimate of drug-likeness (QED) is 0.831. The number of hydrogen-bond donors (Lipinski definition) is 1. The number of nitrogens with zero attached hydrogens (tertiary/aromatic N) is 1. The molecule has 2 saturated heterocycles. The second-order valence-electron chi connectivity index (χ2n) is 6.52. The Labute approximate surface area is 110 Å². The summed E-state index contributed by atoms with van der Waals surface area (Å²) in [6.45, 7) is 8.47. The van der Waals surface area contributed by atoms with Gasteiger partial charge in [-0.15, -0.1) is 0 Å². The Bertz CT molecular complexity index is 299. The Balaban J connectivity index is 1.71. The maximum Gasteiger partial charge on any atom is 0.246 e. The Morgan fingerprint density at radius 3 is 2.83 bits per heavy atom. The molecule has 2 aliphatic heterocycles. The molecule has 1 amide bonds. The van der Waals surface area contributed by atoms with Crippen molar-refractivity contribution in [1.29, 1.82) is 0 Å². The van der Waals surface area contributed by atoms with Crippen LogP contribution in [0.25, 0.3) is 0 Å². The van der Waals surface area contributed by atoms with Crippen molar-refractivity contribution >= 4 is 5.91 Å². The molecule has 0 radical (unpaired) electrons. The number of nitrogens with one attached hydrogen (secondary N) is 1. The molecule has 0 aromatic heterocycles. The smallest absolute Gasteiger partial charge is 0.246 e. The maximum absolute atomic E-state index is 11.8. The molecule has 4 nitrogen and oxygen atoms in total. The predicted octanol–water partition coefficient (Wildman–Crippen LogP) is 1.54. The van der Waals surface area contributed by atoms with E-state index in [0.29, 0.717) is 12.1 Å². The fraction of sp³-hybridized carbons (Fsp3) is 0.929. The highest BCUT2D eigenvalue weighted by atomic mass is 16.5. The van der Waals surface area contributed by atoms with E-state index < -0.39 is 0 Å². The molecule has 0 aromatic rings. The summed E-state index contributed by atoms with van der Waals surface area (Å²) in [6, 6.07) is 1.05. The number of ether oxygens (including phenoxy) is 1. The van der Waals surface area contributed by atoms with E-state index in [4.69, 9.17) is 4.74 Å². The number of amides is 1. The van der Waals surface area contributed by atoms with Gasteiger partial charge in [-0.2, -0.15) is 0 Å². The van der Waals surface area contributed by atoms with Crippen molar-refractivity contribution in [3.8, 4) is 0 Å². The van der Waals surface area contributed by atoms with Crippen LogP contribution in [0.2, 0.25) is 0 Å². The van der Waals surface area contributed by atoms with Crippen LogP contribution < -0.4 is 5.32 Å². The third-order valence-corrected chi connectivity index (χ3v) is 3.82. The zero-order valence-electron chi connectivity index (χ0n) is 11.9. The summed E-state index contributed by atoms with van der Waals surface area (Å²) in [6.07, 6.45) is 4.81. The van der Waals surface area contributed by atoms with E-state index in [0.717, 1.165) is 19.4 Å². The first kappa shape index (κ1) is 13.8. The Kier molecular flexibility index (Phi) is 4.28. The predicted molar refractivity (Wildman–Crippen MR) is 71.5 cm³/mol. The van der Waals surface area contributed by atoms with Crippen molar-refractivity contribution in [3.05, 3.63) is 0 Å². The largest absolute Gasteiger partial charge is 0.366 e. The number of rotatable bonds is 3. The van der Waals surface area contributed by atoms with Crippen LogP contribution in [-0.4, -0.2) is 48.2 Å². The average molecular weight is 254 g/mol. The van der Waals surface area contributed by atoms with E-state index in [1.165, 1.54) is 19.4 Å². The third-order valence-electron chi connectivity index (χ3n) is 3.82. The lowest BCUT2D eigenvalue weighted by Crippen LogP contribution is -2.48. The van der Waals surface area contributed by atoms with Crippen LogP contribution in [0.5, 0.6) is 0 Å². The molecule has 0 bridgehead atoms. The van der Waals surface area contributed by atoms with E-state index in [1.54, 1.807) is 0 Å². The normalized spacial score (nSPS) is 29.1. The number of fused-ring (bicyclic) bond motifs is 1. The first-order valence-corrected chi connectivity index (χ1v) is 7.11. The second kappa shape index (κ2) is 5.57. The van der Waals surface area contributed by atoms with Crippen LogP contribution in [-0.2, 0) is 9.53 Å². The highest BCUT2D eigenvalue weighted by Gasteiger charge is 2.32. The first-order chi connectivity index (χ1) is 8.44. The summed E-state index contributed by atoms with van der Waals surface area (Å²) in [5.41, 5.74) is -0.244. The van der Waals surface area contributed by atoms with E-state index in [2.05, 4.69) is 10.2 Å². The van der Waals surface area contributed by atoms with E-state index in [-0.39, 0.29) is 18.1 Å². The Morgan fingerprint density at radius 2 is 2.11 bits per heavy atom. The van der Waals surface area contributed by atoms with Crippen LogP contribution in [0.4, 0.5) is 0 Å². The third kappa shape index (κ3) is 3.95. The number of hydrogen-bond acceptors (Lipinski definition) is 3. The van der Waals surface area contributed by atoms with Gasteiger partial charge in [-0.3, -0.25) is 4.79 Å². The lowest BCUT2D eigenvalue weighted by molar-refractivity contribution is -0.131. The standard InChI is InChI=1S/C14H26N2O2/c1-14(2,3)18-10-13(17)15-11-6-8-16-7-4-5-12(16)9-11/h11-12H,4-10H2,1-3H3,(H,15,17). The van der Waals surface area contributed by atoms with Gasteiger partial charge in [-0.05, 0) is 53.0 Å². The van der Waals surface area contributed by atoms with Crippen LogP contribution in [0.1, 0.15) is 46.5 Å². The summed E-state index contributed by atoms with van der Waals surface area (Å²) >= 11 is 0. The Morgan fingerprint density at radius 1 is 1.33 bits per heavy atom. The highest BCUT2D eigenvalue weighted by molar-refractivity contribution is 5.77. The van der Waals surface area contributed by atoms with Gasteiger partial charge in [-0.25, -0.2) is 0 Å². The first-order valence-electron chi connectivity index (χ1n) is 7.11. The van der Waals surface area contributed by atoms with Crippen molar-refractivity contribution in [2.24, 2.45) is 0 Å². The molecule has 2 heterocycles. The van der Waals surface area contributed by atoms with Crippen molar-refractivity contribution in [1.82, 2.24) is 10.2 Å². The van der Waals surface area contributed by atoms with Crippen LogP contribution in [0, 0.1) is 0 Å². The van der Waals surface area contributed by atoms with Crippen molar-refractivity contribution in [2.75, 3.05) is 19.7 Å². The topological polar surface area (TPSA) is 41.6 Å². The Hall–Kier alpha value is -0.610. The van der Waals surface area contributed by atoms with Gasteiger partial charge in [0.1, 0.15) is 6.61 Å². The van der Waals surface area contributed by atoms with Crippen molar-refractivity contribution < 1.29 is 9.53 Å². The SMILES string of the molecule is CC(C)(C)OCC(=O)NC1CCN2CCCC2C1. The molecule has 2 atom stereocenters. The second-order valence-corrected chi connectivity index (χ2v) is 6.52. The molecule has 2 fully saturated rings. The summed E-state index contributed by atoms with van der Waals surface area (Å²) in [7, 11) is 0. The van der Waals surface area contributed by atoms with Crippen molar-refractivity contribution in [3.63, 3.8) is 0 Å². The molecule has 2 unspecified atom stereocenters. The van der Waals surface area contributed by atoms with Gasteiger partial charge in [0.15, 0.2) is 0 Å². The molecule has 104 valence electrons. The number of carbonyl (C=O) groups excluding carboxylic acids is 1. The summed E-state index contributed by atoms with van der Waals surface area (Å²) in [5, 5.41) is 3.11. The molecule has 4 heteroatoms. The van der Waals surface area contributed by atoms with Gasteiger partial charge < -0.3 is 15.0 Å². The monoisotopic (exact) mass is 254 g/mol. The summed E-state index contributed by atoms with van der Waals surface area (Å²) < 4.78 is 5.50. The molecule has 0 spiro atoms. The van der Waals surface area contributed by atoms with Crippen LogP contribution >= 0.6 is 0 Å². The molecule has 0 aromatic carbocycles. The molecule has 0 saturated carbocycles.